The SMILES string of the molecule is Cc1cc(CCN)cnc1N(C)Cc1scnc1C. The molecule has 0 fully saturated rings. The van der Waals surface area contributed by atoms with E-state index in [0.29, 0.717) is 6.54 Å². The van der Waals surface area contributed by atoms with Gasteiger partial charge in [-0.1, -0.05) is 6.07 Å². The molecule has 2 aromatic rings. The molecule has 2 rings (SSSR count). The van der Waals surface area contributed by atoms with Gasteiger partial charge in [0.1, 0.15) is 5.82 Å². The van der Waals surface area contributed by atoms with Gasteiger partial charge in [-0.2, -0.15) is 0 Å². The van der Waals surface area contributed by atoms with Crippen LogP contribution in [-0.2, 0) is 13.0 Å². The van der Waals surface area contributed by atoms with Crippen LogP contribution in [0.5, 0.6) is 0 Å². The van der Waals surface area contributed by atoms with Crippen molar-refractivity contribution in [2.24, 2.45) is 5.73 Å². The predicted octanol–water partition coefficient (Wildman–Crippen LogP) is 2.29. The summed E-state index contributed by atoms with van der Waals surface area (Å²) < 4.78 is 0. The minimum Gasteiger partial charge on any atom is -0.354 e. The molecule has 0 saturated carbocycles. The Hall–Kier alpha value is -1.46. The quantitative estimate of drug-likeness (QED) is 0.910. The topological polar surface area (TPSA) is 55.0 Å². The number of hydrogen-bond donors (Lipinski definition) is 1. The molecule has 0 radical (unpaired) electrons. The number of nitrogens with two attached hydrogens (primary N) is 1. The Morgan fingerprint density at radius 3 is 2.68 bits per heavy atom. The summed E-state index contributed by atoms with van der Waals surface area (Å²) in [5.74, 6) is 1.02. The van der Waals surface area contributed by atoms with Crippen molar-refractivity contribution in [1.29, 1.82) is 0 Å². The van der Waals surface area contributed by atoms with E-state index < -0.39 is 0 Å². The number of rotatable bonds is 5. The lowest BCUT2D eigenvalue weighted by molar-refractivity contribution is 0.884. The summed E-state index contributed by atoms with van der Waals surface area (Å²) >= 11 is 1.69. The number of thiazole rings is 1. The van der Waals surface area contributed by atoms with Crippen LogP contribution in [0.25, 0.3) is 0 Å². The van der Waals surface area contributed by atoms with Crippen LogP contribution in [0.3, 0.4) is 0 Å². The summed E-state index contributed by atoms with van der Waals surface area (Å²) in [4.78, 5) is 12.3. The second-order valence-electron chi connectivity index (χ2n) is 4.74. The van der Waals surface area contributed by atoms with Crippen molar-refractivity contribution in [2.45, 2.75) is 26.8 Å². The first-order chi connectivity index (χ1) is 9.11. The molecule has 102 valence electrons. The van der Waals surface area contributed by atoms with E-state index in [9.17, 15) is 0 Å². The third-order valence-electron chi connectivity index (χ3n) is 3.13. The molecule has 0 saturated heterocycles. The van der Waals surface area contributed by atoms with Gasteiger partial charge in [-0.3, -0.25) is 0 Å². The fraction of sp³-hybridized carbons (Fsp3) is 0.429. The molecule has 0 aliphatic carbocycles. The number of anilines is 1. The Morgan fingerprint density at radius 2 is 2.11 bits per heavy atom. The molecule has 2 heterocycles. The zero-order valence-electron chi connectivity index (χ0n) is 11.7. The fourth-order valence-corrected chi connectivity index (χ4v) is 2.93. The highest BCUT2D eigenvalue weighted by molar-refractivity contribution is 7.09. The summed E-state index contributed by atoms with van der Waals surface area (Å²) in [6, 6.07) is 2.17. The van der Waals surface area contributed by atoms with Gasteiger partial charge in [0.05, 0.1) is 17.7 Å². The summed E-state index contributed by atoms with van der Waals surface area (Å²) in [7, 11) is 2.07. The molecule has 4 nitrogen and oxygen atoms in total. The van der Waals surface area contributed by atoms with Crippen LogP contribution in [0.1, 0.15) is 21.7 Å². The number of hydrogen-bond acceptors (Lipinski definition) is 5. The lowest BCUT2D eigenvalue weighted by Gasteiger charge is -2.20. The van der Waals surface area contributed by atoms with Gasteiger partial charge in [0.25, 0.3) is 0 Å². The van der Waals surface area contributed by atoms with Crippen LogP contribution in [0.2, 0.25) is 0 Å². The van der Waals surface area contributed by atoms with E-state index in [0.717, 1.165) is 24.5 Å². The highest BCUT2D eigenvalue weighted by Gasteiger charge is 2.10. The smallest absolute Gasteiger partial charge is 0.131 e. The molecule has 0 unspecified atom stereocenters. The largest absolute Gasteiger partial charge is 0.354 e. The first-order valence-electron chi connectivity index (χ1n) is 6.37. The van der Waals surface area contributed by atoms with Crippen LogP contribution < -0.4 is 10.6 Å². The third-order valence-corrected chi connectivity index (χ3v) is 4.05. The van der Waals surface area contributed by atoms with Crippen molar-refractivity contribution in [3.05, 3.63) is 39.5 Å². The molecule has 0 aliphatic heterocycles. The first kappa shape index (κ1) is 14.0. The molecule has 2 N–H and O–H groups in total. The maximum atomic E-state index is 5.57. The molecule has 2 aromatic heterocycles. The van der Waals surface area contributed by atoms with Crippen molar-refractivity contribution in [3.63, 3.8) is 0 Å². The van der Waals surface area contributed by atoms with Gasteiger partial charge < -0.3 is 10.6 Å². The molecule has 0 aliphatic rings. The number of pyridine rings is 1. The summed E-state index contributed by atoms with van der Waals surface area (Å²) in [5, 5.41) is 0. The van der Waals surface area contributed by atoms with Crippen molar-refractivity contribution in [3.8, 4) is 0 Å². The fourth-order valence-electron chi connectivity index (χ4n) is 2.10. The van der Waals surface area contributed by atoms with Gasteiger partial charge in [-0.25, -0.2) is 9.97 Å². The van der Waals surface area contributed by atoms with Crippen molar-refractivity contribution in [1.82, 2.24) is 9.97 Å². The van der Waals surface area contributed by atoms with Gasteiger partial charge in [-0.15, -0.1) is 11.3 Å². The molecule has 0 atom stereocenters. The van der Waals surface area contributed by atoms with Crippen LogP contribution in [0.15, 0.2) is 17.8 Å². The van der Waals surface area contributed by atoms with Gasteiger partial charge in [0, 0.05) is 18.1 Å². The Morgan fingerprint density at radius 1 is 1.32 bits per heavy atom. The lowest BCUT2D eigenvalue weighted by atomic mass is 10.1. The molecule has 0 spiro atoms. The number of nitrogens with zero attached hydrogens (tertiary/aromatic N) is 3. The lowest BCUT2D eigenvalue weighted by Crippen LogP contribution is -2.19. The summed E-state index contributed by atoms with van der Waals surface area (Å²) in [5.41, 5.74) is 11.0. The second-order valence-corrected chi connectivity index (χ2v) is 5.68. The molecule has 0 amide bonds. The second kappa shape index (κ2) is 6.12. The molecule has 0 bridgehead atoms. The average molecular weight is 276 g/mol. The zero-order chi connectivity index (χ0) is 13.8. The molecular formula is C14H20N4S. The van der Waals surface area contributed by atoms with E-state index in [1.165, 1.54) is 16.0 Å². The van der Waals surface area contributed by atoms with Crippen molar-refractivity contribution < 1.29 is 0 Å². The van der Waals surface area contributed by atoms with Crippen molar-refractivity contribution >= 4 is 17.2 Å². The van der Waals surface area contributed by atoms with Gasteiger partial charge >= 0.3 is 0 Å². The minimum atomic E-state index is 0.663. The van der Waals surface area contributed by atoms with E-state index in [1.54, 1.807) is 11.3 Å². The average Bonchev–Trinajstić information content (AvgIpc) is 2.75. The van der Waals surface area contributed by atoms with Gasteiger partial charge in [0.2, 0.25) is 0 Å². The van der Waals surface area contributed by atoms with Crippen LogP contribution >= 0.6 is 11.3 Å². The Balaban J connectivity index is 2.15. The maximum Gasteiger partial charge on any atom is 0.131 e. The Labute approximate surface area is 118 Å². The highest BCUT2D eigenvalue weighted by Crippen LogP contribution is 2.21. The van der Waals surface area contributed by atoms with E-state index in [2.05, 4.69) is 34.9 Å². The maximum absolute atomic E-state index is 5.57. The Bertz CT molecular complexity index is 550. The molecular weight excluding hydrogens is 256 g/mol. The summed E-state index contributed by atoms with van der Waals surface area (Å²) in [6.45, 7) is 5.65. The third kappa shape index (κ3) is 3.30. The van der Waals surface area contributed by atoms with Crippen LogP contribution in [0, 0.1) is 13.8 Å². The predicted molar refractivity (Wildman–Crippen MR) is 80.7 cm³/mol. The zero-order valence-corrected chi connectivity index (χ0v) is 12.5. The highest BCUT2D eigenvalue weighted by atomic mass is 32.1. The van der Waals surface area contributed by atoms with Crippen LogP contribution in [0.4, 0.5) is 5.82 Å². The Kier molecular flexibility index (Phi) is 4.50. The minimum absolute atomic E-state index is 0.663. The standard InChI is InChI=1S/C14H20N4S/c1-10-6-12(4-5-15)7-16-14(10)18(3)8-13-11(2)17-9-19-13/h6-7,9H,4-5,8,15H2,1-3H3. The van der Waals surface area contributed by atoms with E-state index in [4.69, 9.17) is 5.73 Å². The molecule has 5 heteroatoms. The first-order valence-corrected chi connectivity index (χ1v) is 7.25. The molecule has 0 aromatic carbocycles. The van der Waals surface area contributed by atoms with Gasteiger partial charge in [0.15, 0.2) is 0 Å². The van der Waals surface area contributed by atoms with E-state index in [1.807, 2.05) is 18.6 Å². The van der Waals surface area contributed by atoms with Gasteiger partial charge in [-0.05, 0) is 37.9 Å². The number of aryl methyl sites for hydroxylation is 2. The van der Waals surface area contributed by atoms with Crippen LogP contribution in [-0.4, -0.2) is 23.6 Å². The normalized spacial score (nSPS) is 10.7. The van der Waals surface area contributed by atoms with E-state index in [-0.39, 0.29) is 0 Å². The number of aromatic nitrogens is 2. The van der Waals surface area contributed by atoms with E-state index >= 15 is 0 Å². The van der Waals surface area contributed by atoms with Crippen molar-refractivity contribution in [2.75, 3.05) is 18.5 Å². The summed E-state index contributed by atoms with van der Waals surface area (Å²) in [6.07, 6.45) is 2.80. The monoisotopic (exact) mass is 276 g/mol. The molecule has 19 heavy (non-hydrogen) atoms.